The molecule has 0 radical (unpaired) electrons. The second kappa shape index (κ2) is 5.18. The Morgan fingerprint density at radius 2 is 1.75 bits per heavy atom. The molecule has 0 heterocycles. The van der Waals surface area contributed by atoms with Gasteiger partial charge in [0.25, 0.3) is 0 Å². The smallest absolute Gasteiger partial charge is 0.222 e. The molecule has 0 aromatic rings. The van der Waals surface area contributed by atoms with Gasteiger partial charge in [-0.05, 0) is 19.8 Å². The minimum atomic E-state index is 0.263. The van der Waals surface area contributed by atoms with Crippen molar-refractivity contribution < 1.29 is 4.79 Å². The maximum absolute atomic E-state index is 11.4. The first-order valence-electron chi connectivity index (χ1n) is 4.78. The lowest BCUT2D eigenvalue weighted by molar-refractivity contribution is -0.133. The third-order valence-electron chi connectivity index (χ3n) is 1.81. The molecule has 0 aliphatic carbocycles. The molecule has 0 saturated heterocycles. The zero-order valence-corrected chi connectivity index (χ0v) is 8.92. The van der Waals surface area contributed by atoms with Crippen LogP contribution in [0.1, 0.15) is 41.0 Å². The van der Waals surface area contributed by atoms with Gasteiger partial charge in [-0.2, -0.15) is 0 Å². The molecule has 0 saturated carbocycles. The first kappa shape index (κ1) is 11.5. The SMILES string of the molecule is CCC(=O)N(CC(C)C)C(C)C. The summed E-state index contributed by atoms with van der Waals surface area (Å²) in [7, 11) is 0. The zero-order chi connectivity index (χ0) is 9.72. The van der Waals surface area contributed by atoms with Gasteiger partial charge in [-0.3, -0.25) is 4.79 Å². The van der Waals surface area contributed by atoms with Crippen molar-refractivity contribution in [2.45, 2.75) is 47.1 Å². The summed E-state index contributed by atoms with van der Waals surface area (Å²) >= 11 is 0. The van der Waals surface area contributed by atoms with Crippen LogP contribution in [0.15, 0.2) is 0 Å². The van der Waals surface area contributed by atoms with Crippen molar-refractivity contribution in [2.24, 2.45) is 5.92 Å². The molecule has 72 valence electrons. The van der Waals surface area contributed by atoms with E-state index in [2.05, 4.69) is 27.7 Å². The first-order chi connectivity index (χ1) is 5.49. The molecular weight excluding hydrogens is 150 g/mol. The van der Waals surface area contributed by atoms with Crippen LogP contribution < -0.4 is 0 Å². The van der Waals surface area contributed by atoms with Crippen LogP contribution in [-0.4, -0.2) is 23.4 Å². The van der Waals surface area contributed by atoms with Crippen LogP contribution in [0.5, 0.6) is 0 Å². The third kappa shape index (κ3) is 3.74. The van der Waals surface area contributed by atoms with E-state index < -0.39 is 0 Å². The lowest BCUT2D eigenvalue weighted by Gasteiger charge is -2.28. The van der Waals surface area contributed by atoms with Crippen molar-refractivity contribution in [1.29, 1.82) is 0 Å². The summed E-state index contributed by atoms with van der Waals surface area (Å²) in [4.78, 5) is 13.4. The van der Waals surface area contributed by atoms with Gasteiger partial charge in [0.2, 0.25) is 5.91 Å². The van der Waals surface area contributed by atoms with Crippen LogP contribution in [0.3, 0.4) is 0 Å². The van der Waals surface area contributed by atoms with E-state index in [1.807, 2.05) is 11.8 Å². The fraction of sp³-hybridized carbons (Fsp3) is 0.900. The molecule has 0 aromatic carbocycles. The Morgan fingerprint density at radius 1 is 1.25 bits per heavy atom. The van der Waals surface area contributed by atoms with E-state index in [0.29, 0.717) is 18.4 Å². The number of amides is 1. The van der Waals surface area contributed by atoms with Gasteiger partial charge in [-0.25, -0.2) is 0 Å². The number of hydrogen-bond acceptors (Lipinski definition) is 1. The number of rotatable bonds is 4. The van der Waals surface area contributed by atoms with E-state index >= 15 is 0 Å². The molecule has 0 aliphatic heterocycles. The molecule has 1 amide bonds. The minimum Gasteiger partial charge on any atom is -0.340 e. The van der Waals surface area contributed by atoms with Crippen LogP contribution in [-0.2, 0) is 4.79 Å². The summed E-state index contributed by atoms with van der Waals surface area (Å²) < 4.78 is 0. The van der Waals surface area contributed by atoms with Gasteiger partial charge in [0, 0.05) is 19.0 Å². The Hall–Kier alpha value is -0.530. The molecule has 0 unspecified atom stereocenters. The van der Waals surface area contributed by atoms with E-state index in [-0.39, 0.29) is 5.91 Å². The van der Waals surface area contributed by atoms with Crippen LogP contribution in [0.2, 0.25) is 0 Å². The molecule has 0 atom stereocenters. The van der Waals surface area contributed by atoms with Crippen LogP contribution in [0, 0.1) is 5.92 Å². The number of hydrogen-bond donors (Lipinski definition) is 0. The fourth-order valence-electron chi connectivity index (χ4n) is 1.20. The number of nitrogens with zero attached hydrogens (tertiary/aromatic N) is 1. The minimum absolute atomic E-state index is 0.263. The van der Waals surface area contributed by atoms with Crippen LogP contribution in [0.25, 0.3) is 0 Å². The third-order valence-corrected chi connectivity index (χ3v) is 1.81. The first-order valence-corrected chi connectivity index (χ1v) is 4.78. The fourth-order valence-corrected chi connectivity index (χ4v) is 1.20. The van der Waals surface area contributed by atoms with Gasteiger partial charge < -0.3 is 4.90 Å². The Bertz CT molecular complexity index is 141. The lowest BCUT2D eigenvalue weighted by atomic mass is 10.1. The van der Waals surface area contributed by atoms with Gasteiger partial charge in [0.1, 0.15) is 0 Å². The maximum Gasteiger partial charge on any atom is 0.222 e. The molecule has 2 nitrogen and oxygen atoms in total. The topological polar surface area (TPSA) is 20.3 Å². The largest absolute Gasteiger partial charge is 0.340 e. The quantitative estimate of drug-likeness (QED) is 0.635. The molecule has 12 heavy (non-hydrogen) atoms. The molecule has 0 aromatic heterocycles. The van der Waals surface area contributed by atoms with E-state index in [4.69, 9.17) is 0 Å². The molecule has 0 N–H and O–H groups in total. The van der Waals surface area contributed by atoms with Crippen molar-refractivity contribution in [3.8, 4) is 0 Å². The molecular formula is C10H21NO. The lowest BCUT2D eigenvalue weighted by Crippen LogP contribution is -2.39. The maximum atomic E-state index is 11.4. The summed E-state index contributed by atoms with van der Waals surface area (Å²) in [6, 6.07) is 0.333. The Kier molecular flexibility index (Phi) is 4.95. The Morgan fingerprint density at radius 3 is 2.00 bits per heavy atom. The van der Waals surface area contributed by atoms with Crippen molar-refractivity contribution in [3.63, 3.8) is 0 Å². The van der Waals surface area contributed by atoms with Gasteiger partial charge in [-0.1, -0.05) is 20.8 Å². The predicted octanol–water partition coefficient (Wildman–Crippen LogP) is 2.29. The van der Waals surface area contributed by atoms with Crippen LogP contribution >= 0.6 is 0 Å². The van der Waals surface area contributed by atoms with Crippen molar-refractivity contribution in [3.05, 3.63) is 0 Å². The van der Waals surface area contributed by atoms with Crippen molar-refractivity contribution in [2.75, 3.05) is 6.54 Å². The van der Waals surface area contributed by atoms with E-state index in [1.54, 1.807) is 0 Å². The van der Waals surface area contributed by atoms with Gasteiger partial charge in [-0.15, -0.1) is 0 Å². The van der Waals surface area contributed by atoms with E-state index in [9.17, 15) is 4.79 Å². The van der Waals surface area contributed by atoms with Gasteiger partial charge in [0.05, 0.1) is 0 Å². The second-order valence-corrected chi connectivity index (χ2v) is 3.89. The predicted molar refractivity (Wildman–Crippen MR) is 52.0 cm³/mol. The van der Waals surface area contributed by atoms with Crippen molar-refractivity contribution in [1.82, 2.24) is 4.90 Å². The second-order valence-electron chi connectivity index (χ2n) is 3.89. The standard InChI is InChI=1S/C10H21NO/c1-6-10(12)11(9(4)5)7-8(2)3/h8-9H,6-7H2,1-5H3. The summed E-state index contributed by atoms with van der Waals surface area (Å²) in [5.74, 6) is 0.821. The molecule has 0 bridgehead atoms. The number of carbonyl (C=O) groups is 1. The molecule has 0 fully saturated rings. The Balaban J connectivity index is 4.13. The molecule has 2 heteroatoms. The summed E-state index contributed by atoms with van der Waals surface area (Å²) in [5, 5.41) is 0. The normalized spacial score (nSPS) is 10.9. The van der Waals surface area contributed by atoms with Gasteiger partial charge >= 0.3 is 0 Å². The highest BCUT2D eigenvalue weighted by molar-refractivity contribution is 5.76. The van der Waals surface area contributed by atoms with Gasteiger partial charge in [0.15, 0.2) is 0 Å². The highest BCUT2D eigenvalue weighted by Crippen LogP contribution is 2.05. The van der Waals surface area contributed by atoms with E-state index in [1.165, 1.54) is 0 Å². The molecule has 0 rings (SSSR count). The summed E-state index contributed by atoms with van der Waals surface area (Å²) in [6.45, 7) is 11.2. The van der Waals surface area contributed by atoms with Crippen molar-refractivity contribution >= 4 is 5.91 Å². The number of carbonyl (C=O) groups excluding carboxylic acids is 1. The van der Waals surface area contributed by atoms with E-state index in [0.717, 1.165) is 6.54 Å². The molecule has 0 spiro atoms. The highest BCUT2D eigenvalue weighted by atomic mass is 16.2. The molecule has 0 aliphatic rings. The summed E-state index contributed by atoms with van der Waals surface area (Å²) in [6.07, 6.45) is 0.616. The zero-order valence-electron chi connectivity index (χ0n) is 8.92. The average molecular weight is 171 g/mol. The summed E-state index contributed by atoms with van der Waals surface area (Å²) in [5.41, 5.74) is 0. The highest BCUT2D eigenvalue weighted by Gasteiger charge is 2.15. The average Bonchev–Trinajstić information content (AvgIpc) is 1.98. The van der Waals surface area contributed by atoms with Crippen LogP contribution in [0.4, 0.5) is 0 Å². The Labute approximate surface area is 75.9 Å². The monoisotopic (exact) mass is 171 g/mol.